The Morgan fingerprint density at radius 3 is 2.18 bits per heavy atom. The van der Waals surface area contributed by atoms with Gasteiger partial charge in [-0.3, -0.25) is 4.57 Å². The molecular weight excluding hydrogens is 474 g/mol. The third kappa shape index (κ3) is 3.50. The minimum Gasteiger partial charge on any atom is -0.293 e. The van der Waals surface area contributed by atoms with Gasteiger partial charge in [0.1, 0.15) is 12.7 Å². The van der Waals surface area contributed by atoms with Crippen molar-refractivity contribution < 1.29 is 4.57 Å². The molecule has 7 rings (SSSR count). The lowest BCUT2D eigenvalue weighted by atomic mass is 9.80. The van der Waals surface area contributed by atoms with Crippen LogP contribution in [0.1, 0.15) is 31.9 Å². The predicted octanol–water partition coefficient (Wildman–Crippen LogP) is 8.58. The molecule has 0 radical (unpaired) electrons. The Bertz CT molecular complexity index is 2020. The van der Waals surface area contributed by atoms with Gasteiger partial charge in [-0.1, -0.05) is 69.3 Å². The van der Waals surface area contributed by atoms with Crippen LogP contribution >= 0.6 is 0 Å². The zero-order valence-corrected chi connectivity index (χ0v) is 23.2. The molecule has 39 heavy (non-hydrogen) atoms. The molecule has 7 aromatic rings. The Balaban J connectivity index is 1.59. The Labute approximate surface area is 229 Å². The summed E-state index contributed by atoms with van der Waals surface area (Å²) in [5, 5.41) is 7.50. The maximum Gasteiger partial charge on any atom is 0.220 e. The molecule has 0 aliphatic heterocycles. The molecule has 4 aromatic carbocycles. The molecule has 0 bridgehead atoms. The normalized spacial score (nSPS) is 12.2. The average molecular weight is 507 g/mol. The lowest BCUT2D eigenvalue weighted by Gasteiger charge is -2.24. The van der Waals surface area contributed by atoms with Crippen molar-refractivity contribution in [2.45, 2.75) is 33.1 Å². The minimum absolute atomic E-state index is 0.0189. The largest absolute Gasteiger partial charge is 0.293 e. The fraction of sp³-hybridized carbons (Fsp3) is 0.167. The SMILES string of the molecule is Cc1c(-c2c3cccc(-n4c5ccccc5c5cccnc54)c3cc[n+]2C)cc(C(C)(C)C)c2ccccc12. The molecule has 0 aliphatic rings. The second-order valence-corrected chi connectivity index (χ2v) is 11.6. The number of rotatable bonds is 2. The second-order valence-electron chi connectivity index (χ2n) is 11.6. The summed E-state index contributed by atoms with van der Waals surface area (Å²) in [6.07, 6.45) is 4.09. The molecule has 3 heterocycles. The van der Waals surface area contributed by atoms with Gasteiger partial charge in [0.2, 0.25) is 5.69 Å². The summed E-state index contributed by atoms with van der Waals surface area (Å²) in [7, 11) is 2.16. The first-order valence-electron chi connectivity index (χ1n) is 13.6. The van der Waals surface area contributed by atoms with E-state index in [-0.39, 0.29) is 5.41 Å². The number of benzene rings is 4. The maximum atomic E-state index is 4.84. The van der Waals surface area contributed by atoms with Crippen molar-refractivity contribution in [1.29, 1.82) is 0 Å². The van der Waals surface area contributed by atoms with Crippen LogP contribution in [-0.4, -0.2) is 9.55 Å². The molecule has 0 spiro atoms. The minimum atomic E-state index is 0.0189. The van der Waals surface area contributed by atoms with Gasteiger partial charge >= 0.3 is 0 Å². The standard InChI is InChI=1S/C36H32N3/c1-23-24-12-6-7-13-25(24)31(36(2,3)4)22-30(23)34-28-15-10-18-33(27(28)19-21-38(34)5)39-32-17-9-8-14-26(32)29-16-11-20-37-35(29)39/h6-22H,1-5H3/q+1. The fourth-order valence-electron chi connectivity index (χ4n) is 6.34. The number of hydrogen-bond acceptors (Lipinski definition) is 1. The average Bonchev–Trinajstić information content (AvgIpc) is 3.27. The molecular formula is C36H32N3+. The van der Waals surface area contributed by atoms with Crippen LogP contribution in [0, 0.1) is 6.92 Å². The summed E-state index contributed by atoms with van der Waals surface area (Å²) in [6, 6.07) is 33.0. The number of para-hydroxylation sites is 1. The van der Waals surface area contributed by atoms with Gasteiger partial charge in [0.05, 0.1) is 22.2 Å². The van der Waals surface area contributed by atoms with Gasteiger partial charge in [-0.05, 0) is 70.6 Å². The summed E-state index contributed by atoms with van der Waals surface area (Å²) >= 11 is 0. The van der Waals surface area contributed by atoms with E-state index in [1.54, 1.807) is 0 Å². The summed E-state index contributed by atoms with van der Waals surface area (Å²) in [4.78, 5) is 4.84. The first-order valence-corrected chi connectivity index (χ1v) is 13.6. The van der Waals surface area contributed by atoms with E-state index in [1.165, 1.54) is 60.2 Å². The van der Waals surface area contributed by atoms with Crippen molar-refractivity contribution >= 4 is 43.5 Å². The number of nitrogens with zero attached hydrogens (tertiary/aromatic N) is 3. The van der Waals surface area contributed by atoms with Gasteiger partial charge in [-0.25, -0.2) is 9.55 Å². The first kappa shape index (κ1) is 23.6. The van der Waals surface area contributed by atoms with E-state index in [0.717, 1.165) is 11.3 Å². The number of fused-ring (bicyclic) bond motifs is 5. The van der Waals surface area contributed by atoms with E-state index in [1.807, 2.05) is 12.3 Å². The van der Waals surface area contributed by atoms with Crippen LogP contribution in [0.25, 0.3) is 60.4 Å². The van der Waals surface area contributed by atoms with Crippen LogP contribution in [0.4, 0.5) is 0 Å². The van der Waals surface area contributed by atoms with Crippen LogP contribution in [-0.2, 0) is 12.5 Å². The smallest absolute Gasteiger partial charge is 0.220 e. The fourth-order valence-corrected chi connectivity index (χ4v) is 6.34. The van der Waals surface area contributed by atoms with Gasteiger partial charge in [0.15, 0.2) is 6.20 Å². The highest BCUT2D eigenvalue weighted by Crippen LogP contribution is 2.40. The van der Waals surface area contributed by atoms with Crippen LogP contribution < -0.4 is 4.57 Å². The third-order valence-electron chi connectivity index (χ3n) is 8.21. The topological polar surface area (TPSA) is 21.7 Å². The van der Waals surface area contributed by atoms with E-state index < -0.39 is 0 Å². The van der Waals surface area contributed by atoms with Crippen LogP contribution in [0.2, 0.25) is 0 Å². The zero-order valence-electron chi connectivity index (χ0n) is 23.2. The van der Waals surface area contributed by atoms with E-state index in [2.05, 4.69) is 135 Å². The summed E-state index contributed by atoms with van der Waals surface area (Å²) in [5.41, 5.74) is 8.52. The first-order chi connectivity index (χ1) is 18.8. The van der Waals surface area contributed by atoms with Gasteiger partial charge < -0.3 is 0 Å². The molecule has 0 N–H and O–H groups in total. The third-order valence-corrected chi connectivity index (χ3v) is 8.21. The molecule has 0 saturated heterocycles. The quantitative estimate of drug-likeness (QED) is 0.215. The Kier molecular flexibility index (Phi) is 5.15. The number of hydrogen-bond donors (Lipinski definition) is 0. The van der Waals surface area contributed by atoms with Crippen molar-refractivity contribution in [3.8, 4) is 16.9 Å². The number of aromatic nitrogens is 3. The maximum absolute atomic E-state index is 4.84. The lowest BCUT2D eigenvalue weighted by molar-refractivity contribution is -0.659. The lowest BCUT2D eigenvalue weighted by Crippen LogP contribution is -2.31. The molecule has 3 aromatic heterocycles. The van der Waals surface area contributed by atoms with Gasteiger partial charge in [-0.2, -0.15) is 0 Å². The second kappa shape index (κ2) is 8.51. The van der Waals surface area contributed by atoms with Crippen molar-refractivity contribution in [2.24, 2.45) is 7.05 Å². The highest BCUT2D eigenvalue weighted by Gasteiger charge is 2.25. The Morgan fingerprint density at radius 1 is 0.692 bits per heavy atom. The molecule has 3 heteroatoms. The zero-order chi connectivity index (χ0) is 26.9. The van der Waals surface area contributed by atoms with Crippen molar-refractivity contribution in [1.82, 2.24) is 9.55 Å². The highest BCUT2D eigenvalue weighted by atomic mass is 15.0. The van der Waals surface area contributed by atoms with Crippen molar-refractivity contribution in [3.63, 3.8) is 0 Å². The van der Waals surface area contributed by atoms with E-state index in [4.69, 9.17) is 4.98 Å². The number of pyridine rings is 2. The van der Waals surface area contributed by atoms with E-state index in [9.17, 15) is 0 Å². The highest BCUT2D eigenvalue weighted by molar-refractivity contribution is 6.10. The van der Waals surface area contributed by atoms with Gasteiger partial charge in [0, 0.05) is 28.4 Å². The summed E-state index contributed by atoms with van der Waals surface area (Å²) in [6.45, 7) is 9.20. The molecule has 3 nitrogen and oxygen atoms in total. The molecule has 0 saturated carbocycles. The van der Waals surface area contributed by atoms with Crippen LogP contribution in [0.5, 0.6) is 0 Å². The molecule has 0 aliphatic carbocycles. The number of aryl methyl sites for hydroxylation is 2. The summed E-state index contributed by atoms with van der Waals surface area (Å²) < 4.78 is 4.60. The monoisotopic (exact) mass is 506 g/mol. The van der Waals surface area contributed by atoms with Gasteiger partial charge in [-0.15, -0.1) is 0 Å². The molecule has 0 unspecified atom stereocenters. The predicted molar refractivity (Wildman–Crippen MR) is 164 cm³/mol. The van der Waals surface area contributed by atoms with E-state index in [0.29, 0.717) is 0 Å². The molecule has 0 fully saturated rings. The molecule has 190 valence electrons. The van der Waals surface area contributed by atoms with Crippen molar-refractivity contribution in [2.75, 3.05) is 0 Å². The Hall–Kier alpha value is -4.50. The summed E-state index contributed by atoms with van der Waals surface area (Å²) in [5.74, 6) is 0. The van der Waals surface area contributed by atoms with Crippen LogP contribution in [0.15, 0.2) is 103 Å². The van der Waals surface area contributed by atoms with Crippen molar-refractivity contribution in [3.05, 3.63) is 115 Å². The molecule has 0 amide bonds. The van der Waals surface area contributed by atoms with Gasteiger partial charge in [0.25, 0.3) is 0 Å². The Morgan fingerprint density at radius 2 is 1.38 bits per heavy atom. The molecule has 0 atom stereocenters. The van der Waals surface area contributed by atoms with Crippen LogP contribution in [0.3, 0.4) is 0 Å². The van der Waals surface area contributed by atoms with E-state index >= 15 is 0 Å².